The Hall–Kier alpha value is -8.83. The molecule has 4 aromatic rings. The van der Waals surface area contributed by atoms with Gasteiger partial charge in [-0.2, -0.15) is 4.39 Å². The third kappa shape index (κ3) is 19.8. The normalized spacial score (nSPS) is 12.9. The van der Waals surface area contributed by atoms with Crippen LogP contribution in [0.4, 0.5) is 9.18 Å². The van der Waals surface area contributed by atoms with E-state index in [1.807, 2.05) is 42.5 Å². The summed E-state index contributed by atoms with van der Waals surface area (Å²) in [7, 11) is 0. The number of nitrogens with zero attached hydrogens (tertiary/aromatic N) is 1. The zero-order valence-corrected chi connectivity index (χ0v) is 39.7. The van der Waals surface area contributed by atoms with Gasteiger partial charge in [0.1, 0.15) is 18.1 Å². The predicted molar refractivity (Wildman–Crippen MR) is 258 cm³/mol. The Labute approximate surface area is 421 Å². The Balaban J connectivity index is 1.38. The maximum absolute atomic E-state index is 13.7. The third-order valence-electron chi connectivity index (χ3n) is 11.5. The van der Waals surface area contributed by atoms with Crippen LogP contribution in [0.25, 0.3) is 10.8 Å². The van der Waals surface area contributed by atoms with Crippen molar-refractivity contribution in [3.05, 3.63) is 113 Å². The number of urea groups is 1. The summed E-state index contributed by atoms with van der Waals surface area (Å²) in [5.41, 5.74) is 1.19. The summed E-state index contributed by atoms with van der Waals surface area (Å²) in [6, 6.07) is 14.3. The Kier molecular flexibility index (Phi) is 22.5. The van der Waals surface area contributed by atoms with Crippen molar-refractivity contribution in [2.45, 2.75) is 101 Å². The van der Waals surface area contributed by atoms with Gasteiger partial charge in [0.2, 0.25) is 17.8 Å². The minimum absolute atomic E-state index is 0.0286. The van der Waals surface area contributed by atoms with E-state index in [-0.39, 0.29) is 62.7 Å². The topological polar surface area (TPSA) is 374 Å². The number of nitrogens with one attached hydrogen (secondary N) is 6. The molecule has 0 aliphatic carbocycles. The molecule has 1 heterocycles. The van der Waals surface area contributed by atoms with Gasteiger partial charge in [-0.1, -0.05) is 54.6 Å². The zero-order valence-electron chi connectivity index (χ0n) is 39.7. The lowest BCUT2D eigenvalue weighted by molar-refractivity contribution is -0.141. The van der Waals surface area contributed by atoms with Gasteiger partial charge in [-0.25, -0.2) is 19.4 Å². The quantitative estimate of drug-likeness (QED) is 0.0255. The molecule has 74 heavy (non-hydrogen) atoms. The van der Waals surface area contributed by atoms with Gasteiger partial charge in [-0.15, -0.1) is 0 Å². The standard InChI is InChI=1S/C50H56FN7O16/c51-40-18-14-34(27-53-40)46(68)55-35(16-20-42(62)63)39(59)25-33(15-19-41(60)61)44(66)54-26-28-8-12-31(13-9-28)45(67)56-38(24-29-10-11-30-5-1-2-6-32(30)23-29)47(69)52-22-4-3-7-36(48(70)71)57-50(74)58-37(49(72)73)17-21-43(64)65/h1-2,5-6,8-14,18,23,27,33,35-38H,3-4,7,15-17,19-22,24-26H2,(H,52,69)(H,54,66)(H,55,68)(H,56,67)(H,60,61)(H,62,63)(H,64,65)(H,70,71)(H,72,73)(H2,57,58,74)/t33-,35+,36+,37+,38+/m1/s1. The van der Waals surface area contributed by atoms with E-state index in [4.69, 9.17) is 5.11 Å². The van der Waals surface area contributed by atoms with E-state index < -0.39 is 133 Å². The summed E-state index contributed by atoms with van der Waals surface area (Å²) in [5.74, 6) is -12.4. The van der Waals surface area contributed by atoms with Crippen molar-refractivity contribution < 1.29 is 82.7 Å². The summed E-state index contributed by atoms with van der Waals surface area (Å²) in [4.78, 5) is 140. The third-order valence-corrected chi connectivity index (χ3v) is 11.5. The second-order valence-electron chi connectivity index (χ2n) is 17.1. The van der Waals surface area contributed by atoms with Crippen LogP contribution in [0.15, 0.2) is 85.1 Å². The van der Waals surface area contributed by atoms with Gasteiger partial charge in [0, 0.05) is 62.9 Å². The molecule has 24 heteroatoms. The van der Waals surface area contributed by atoms with Crippen molar-refractivity contribution in [3.63, 3.8) is 0 Å². The minimum atomic E-state index is -1.58. The molecule has 0 radical (unpaired) electrons. The Morgan fingerprint density at radius 3 is 1.69 bits per heavy atom. The SMILES string of the molecule is O=C(O)CC[C@H](CC(=O)[C@H](CCC(=O)O)NC(=O)c1ccc(F)nc1)C(=O)NCc1ccc(C(=O)N[C@@H](Cc2ccc3ccccc3c2)C(=O)NCCCC[C@H](NC(=O)N[C@@H](CCC(=O)O)C(=O)O)C(=O)O)cc1. The van der Waals surface area contributed by atoms with E-state index in [0.717, 1.165) is 29.1 Å². The molecule has 5 atom stereocenters. The molecule has 11 N–H and O–H groups in total. The van der Waals surface area contributed by atoms with Crippen LogP contribution in [-0.4, -0.2) is 127 Å². The second-order valence-corrected chi connectivity index (χ2v) is 17.1. The molecule has 3 aromatic carbocycles. The fourth-order valence-electron chi connectivity index (χ4n) is 7.45. The van der Waals surface area contributed by atoms with Crippen molar-refractivity contribution in [2.24, 2.45) is 5.92 Å². The number of hydrogen-bond donors (Lipinski definition) is 11. The first-order valence-electron chi connectivity index (χ1n) is 23.2. The number of carboxylic acid groups (broad SMARTS) is 5. The van der Waals surface area contributed by atoms with E-state index >= 15 is 0 Å². The Morgan fingerprint density at radius 1 is 0.527 bits per heavy atom. The van der Waals surface area contributed by atoms with Crippen molar-refractivity contribution in [1.82, 2.24) is 36.9 Å². The smallest absolute Gasteiger partial charge is 0.326 e. The summed E-state index contributed by atoms with van der Waals surface area (Å²) in [5, 5.41) is 63.0. The van der Waals surface area contributed by atoms with E-state index in [0.29, 0.717) is 11.1 Å². The van der Waals surface area contributed by atoms with Crippen LogP contribution in [0, 0.1) is 11.9 Å². The van der Waals surface area contributed by atoms with E-state index in [1.165, 1.54) is 24.3 Å². The molecular weight excluding hydrogens is 974 g/mol. The Morgan fingerprint density at radius 2 is 1.08 bits per heavy atom. The first-order valence-corrected chi connectivity index (χ1v) is 23.2. The highest BCUT2D eigenvalue weighted by atomic mass is 19.1. The van der Waals surface area contributed by atoms with Crippen molar-refractivity contribution in [1.29, 1.82) is 0 Å². The van der Waals surface area contributed by atoms with Gasteiger partial charge in [0.25, 0.3) is 11.8 Å². The van der Waals surface area contributed by atoms with Gasteiger partial charge in [-0.05, 0) is 84.7 Å². The number of carbonyl (C=O) groups excluding carboxylic acids is 6. The Bertz CT molecular complexity index is 2690. The number of benzene rings is 3. The van der Waals surface area contributed by atoms with Crippen molar-refractivity contribution >= 4 is 76.1 Å². The molecule has 0 bridgehead atoms. The van der Waals surface area contributed by atoms with Crippen LogP contribution in [-0.2, 0) is 51.3 Å². The first kappa shape index (κ1) is 57.7. The fraction of sp³-hybridized carbons (Fsp3) is 0.360. The second kappa shape index (κ2) is 28.9. The number of ketones is 1. The van der Waals surface area contributed by atoms with Crippen LogP contribution < -0.4 is 31.9 Å². The molecule has 0 fully saturated rings. The highest BCUT2D eigenvalue weighted by Crippen LogP contribution is 2.19. The number of carboxylic acids is 5. The van der Waals surface area contributed by atoms with Crippen molar-refractivity contribution in [2.75, 3.05) is 6.54 Å². The summed E-state index contributed by atoms with van der Waals surface area (Å²) in [6.45, 7) is -0.112. The number of aromatic nitrogens is 1. The van der Waals surface area contributed by atoms with Crippen LogP contribution in [0.3, 0.4) is 0 Å². The number of rotatable bonds is 31. The summed E-state index contributed by atoms with van der Waals surface area (Å²) < 4.78 is 13.3. The molecule has 0 saturated carbocycles. The molecule has 1 aromatic heterocycles. The minimum Gasteiger partial charge on any atom is -0.481 e. The molecular formula is C50H56FN7O16. The van der Waals surface area contributed by atoms with Gasteiger partial charge >= 0.3 is 35.9 Å². The number of halogens is 1. The van der Waals surface area contributed by atoms with Crippen molar-refractivity contribution in [3.8, 4) is 0 Å². The number of aliphatic carboxylic acids is 5. The van der Waals surface area contributed by atoms with Gasteiger partial charge in [0.05, 0.1) is 11.6 Å². The number of unbranched alkanes of at least 4 members (excludes halogenated alkanes) is 1. The zero-order chi connectivity index (χ0) is 54.3. The monoisotopic (exact) mass is 1030 g/mol. The molecule has 23 nitrogen and oxygen atoms in total. The molecule has 6 amide bonds. The fourth-order valence-corrected chi connectivity index (χ4v) is 7.45. The van der Waals surface area contributed by atoms with Gasteiger partial charge in [0.15, 0.2) is 5.78 Å². The average Bonchev–Trinajstić information content (AvgIpc) is 3.35. The van der Waals surface area contributed by atoms with Crippen LogP contribution >= 0.6 is 0 Å². The lowest BCUT2D eigenvalue weighted by Gasteiger charge is -2.21. The number of fused-ring (bicyclic) bond motifs is 1. The molecule has 4 rings (SSSR count). The van der Waals surface area contributed by atoms with Crippen LogP contribution in [0.2, 0.25) is 0 Å². The largest absolute Gasteiger partial charge is 0.481 e. The predicted octanol–water partition coefficient (Wildman–Crippen LogP) is 2.79. The van der Waals surface area contributed by atoms with Gasteiger partial charge in [-0.3, -0.25) is 38.4 Å². The van der Waals surface area contributed by atoms with Crippen LogP contribution in [0.5, 0.6) is 0 Å². The number of hydrogen-bond acceptors (Lipinski definition) is 12. The van der Waals surface area contributed by atoms with E-state index in [1.54, 1.807) is 0 Å². The maximum Gasteiger partial charge on any atom is 0.326 e. The molecule has 0 spiro atoms. The number of carbonyl (C=O) groups is 11. The van der Waals surface area contributed by atoms with E-state index in [9.17, 15) is 77.6 Å². The summed E-state index contributed by atoms with van der Waals surface area (Å²) >= 11 is 0. The van der Waals surface area contributed by atoms with E-state index in [2.05, 4.69) is 36.9 Å². The number of amides is 6. The van der Waals surface area contributed by atoms with Crippen LogP contribution in [0.1, 0.15) is 96.1 Å². The molecule has 0 aliphatic heterocycles. The molecule has 0 saturated heterocycles. The molecule has 0 aliphatic rings. The lowest BCUT2D eigenvalue weighted by Crippen LogP contribution is -2.51. The molecule has 394 valence electrons. The maximum atomic E-state index is 13.7. The van der Waals surface area contributed by atoms with Gasteiger partial charge < -0.3 is 57.4 Å². The lowest BCUT2D eigenvalue weighted by atomic mass is 9.91. The number of Topliss-reactive ketones (excluding diaryl/α,β-unsaturated/α-hetero) is 1. The summed E-state index contributed by atoms with van der Waals surface area (Å²) in [6.07, 6.45) is -2.01. The highest BCUT2D eigenvalue weighted by molar-refractivity contribution is 5.99. The highest BCUT2D eigenvalue weighted by Gasteiger charge is 2.30. The average molecular weight is 1030 g/mol. The first-order chi connectivity index (χ1) is 35.2. The molecule has 0 unspecified atom stereocenters. The number of pyridine rings is 1.